The molecule has 0 radical (unpaired) electrons. The molecule has 0 aromatic carbocycles. The van der Waals surface area contributed by atoms with Crippen molar-refractivity contribution >= 4 is 18.3 Å². The van der Waals surface area contributed by atoms with Gasteiger partial charge in [0.1, 0.15) is 24.5 Å². The molecule has 0 amide bonds. The first kappa shape index (κ1) is 38.2. The van der Waals surface area contributed by atoms with Crippen LogP contribution in [0.5, 0.6) is 0 Å². The minimum atomic E-state index is -1.23. The first-order chi connectivity index (χ1) is 20.4. The van der Waals surface area contributed by atoms with Crippen LogP contribution in [0.15, 0.2) is 39.1 Å². The third-order valence-corrected chi connectivity index (χ3v) is 8.23. The number of imidazole rings is 1. The molecule has 1 aromatic rings. The number of rotatable bonds is 17. The van der Waals surface area contributed by atoms with Gasteiger partial charge in [-0.1, -0.05) is 26.3 Å². The Bertz CT molecular complexity index is 1130. The van der Waals surface area contributed by atoms with E-state index in [1.165, 1.54) is 25.3 Å². The average molecular weight is 604 g/mol. The highest BCUT2D eigenvalue weighted by Gasteiger charge is 2.24. The summed E-state index contributed by atoms with van der Waals surface area (Å²) >= 11 is 0. The summed E-state index contributed by atoms with van der Waals surface area (Å²) in [6, 6.07) is -0.529. The number of hydrogen-bond acceptors (Lipinski definition) is 4. The third kappa shape index (κ3) is 11.7. The van der Waals surface area contributed by atoms with Crippen molar-refractivity contribution in [3.63, 3.8) is 0 Å². The molecule has 0 spiro atoms. The van der Waals surface area contributed by atoms with Crippen molar-refractivity contribution in [1.29, 1.82) is 0 Å². The molecular formula is C34H59F2N7. The number of hydrogen-bond donors (Lipinski definition) is 1. The monoisotopic (exact) mass is 603 g/mol. The second-order valence-electron chi connectivity index (χ2n) is 11.6. The van der Waals surface area contributed by atoms with Crippen molar-refractivity contribution in [3.8, 4) is 0 Å². The number of halogens is 2. The Kier molecular flexibility index (Phi) is 17.3. The van der Waals surface area contributed by atoms with Gasteiger partial charge in [0.2, 0.25) is 0 Å². The Morgan fingerprint density at radius 2 is 1.79 bits per heavy atom. The van der Waals surface area contributed by atoms with Crippen LogP contribution in [0.2, 0.25) is 0 Å². The van der Waals surface area contributed by atoms with Crippen LogP contribution in [0, 0.1) is 12.8 Å². The Labute approximate surface area is 261 Å². The largest absolute Gasteiger partial charge is 0.336 e. The number of aromatic nitrogens is 2. The summed E-state index contributed by atoms with van der Waals surface area (Å²) in [6.45, 7) is 19.3. The number of aliphatic imine (C=N–C) groups is 2. The molecule has 3 atom stereocenters. The van der Waals surface area contributed by atoms with E-state index in [1.54, 1.807) is 19.0 Å². The van der Waals surface area contributed by atoms with Crippen molar-refractivity contribution in [3.05, 3.63) is 46.3 Å². The smallest absolute Gasteiger partial charge is 0.199 e. The molecular weight excluding hydrogens is 544 g/mol. The van der Waals surface area contributed by atoms with E-state index in [2.05, 4.69) is 47.2 Å². The lowest BCUT2D eigenvalue weighted by Gasteiger charge is -2.30. The molecule has 0 saturated heterocycles. The lowest BCUT2D eigenvalue weighted by atomic mass is 9.94. The molecule has 7 nitrogen and oxygen atoms in total. The molecule has 0 aliphatic carbocycles. The van der Waals surface area contributed by atoms with Gasteiger partial charge in [0.05, 0.1) is 17.4 Å². The molecule has 1 N–H and O–H groups in total. The van der Waals surface area contributed by atoms with Crippen LogP contribution in [-0.2, 0) is 0 Å². The molecule has 1 heterocycles. The molecule has 43 heavy (non-hydrogen) atoms. The fraction of sp³-hybridized carbons (Fsp3) is 0.676. The zero-order valence-electron chi connectivity index (χ0n) is 29.0. The minimum absolute atomic E-state index is 0.0860. The van der Waals surface area contributed by atoms with E-state index in [0.29, 0.717) is 29.1 Å². The summed E-state index contributed by atoms with van der Waals surface area (Å²) in [5.41, 5.74) is 2.98. The quantitative estimate of drug-likeness (QED) is 0.144. The number of nitrogens with one attached hydrogen (secondary N) is 1. The predicted octanol–water partition coefficient (Wildman–Crippen LogP) is 8.08. The SMILES string of the molecule is C\C=C(/C=N\C(=C/C)N/C(=N/C)N(C)C(CF)/C(C)=C/c1c(C(C)F)nc(C)n1C(C)C)CCC(CC)CCN(C)CC. The molecule has 244 valence electrons. The number of alkyl halides is 2. The van der Waals surface area contributed by atoms with Gasteiger partial charge in [-0.2, -0.15) is 0 Å². The second kappa shape index (κ2) is 19.5. The van der Waals surface area contributed by atoms with Gasteiger partial charge in [0.25, 0.3) is 0 Å². The Morgan fingerprint density at radius 1 is 1.12 bits per heavy atom. The van der Waals surface area contributed by atoms with Gasteiger partial charge in [-0.3, -0.25) is 4.99 Å². The lowest BCUT2D eigenvalue weighted by Crippen LogP contribution is -2.45. The lowest BCUT2D eigenvalue weighted by molar-refractivity contribution is 0.302. The molecule has 3 unspecified atom stereocenters. The van der Waals surface area contributed by atoms with Gasteiger partial charge in [0, 0.05) is 26.4 Å². The van der Waals surface area contributed by atoms with Crippen LogP contribution in [0.1, 0.15) is 110 Å². The summed E-state index contributed by atoms with van der Waals surface area (Å²) < 4.78 is 31.1. The van der Waals surface area contributed by atoms with Gasteiger partial charge in [-0.05, 0) is 117 Å². The molecule has 0 fully saturated rings. The van der Waals surface area contributed by atoms with Crippen LogP contribution >= 0.6 is 0 Å². The van der Waals surface area contributed by atoms with Crippen molar-refractivity contribution in [2.75, 3.05) is 40.9 Å². The second-order valence-corrected chi connectivity index (χ2v) is 11.6. The Hall–Kier alpha value is -2.81. The molecule has 0 aliphatic rings. The maximum atomic E-state index is 14.6. The van der Waals surface area contributed by atoms with Crippen molar-refractivity contribution in [1.82, 2.24) is 24.7 Å². The van der Waals surface area contributed by atoms with E-state index in [1.807, 2.05) is 64.5 Å². The minimum Gasteiger partial charge on any atom is -0.336 e. The number of nitrogens with zero attached hydrogens (tertiary/aromatic N) is 6. The van der Waals surface area contributed by atoms with Crippen LogP contribution < -0.4 is 5.32 Å². The molecule has 1 aromatic heterocycles. The number of likely N-dealkylation sites (N-methyl/N-ethyl adjacent to an activating group) is 1. The molecule has 9 heteroatoms. The Balaban J connectivity index is 3.08. The van der Waals surface area contributed by atoms with E-state index < -0.39 is 18.9 Å². The molecule has 1 rings (SSSR count). The summed E-state index contributed by atoms with van der Waals surface area (Å²) in [7, 11) is 5.64. The maximum absolute atomic E-state index is 14.6. The fourth-order valence-electron chi connectivity index (χ4n) is 5.18. The Morgan fingerprint density at radius 3 is 2.28 bits per heavy atom. The highest BCUT2D eigenvalue weighted by atomic mass is 19.1. The number of aryl methyl sites for hydroxylation is 1. The van der Waals surface area contributed by atoms with E-state index in [0.717, 1.165) is 37.3 Å². The van der Waals surface area contributed by atoms with Crippen molar-refractivity contribution in [2.24, 2.45) is 15.9 Å². The first-order valence-electron chi connectivity index (χ1n) is 15.9. The highest BCUT2D eigenvalue weighted by molar-refractivity contribution is 5.84. The molecule has 0 saturated carbocycles. The van der Waals surface area contributed by atoms with Gasteiger partial charge in [-0.25, -0.2) is 18.8 Å². The van der Waals surface area contributed by atoms with Crippen molar-refractivity contribution in [2.45, 2.75) is 106 Å². The molecule has 0 bridgehead atoms. The van der Waals surface area contributed by atoms with E-state index in [-0.39, 0.29) is 6.04 Å². The summed E-state index contributed by atoms with van der Waals surface area (Å²) in [4.78, 5) is 17.7. The van der Waals surface area contributed by atoms with Gasteiger partial charge >= 0.3 is 0 Å². The van der Waals surface area contributed by atoms with Crippen LogP contribution in [0.3, 0.4) is 0 Å². The van der Waals surface area contributed by atoms with Gasteiger partial charge in [-0.15, -0.1) is 0 Å². The van der Waals surface area contributed by atoms with E-state index in [9.17, 15) is 8.78 Å². The number of guanidine groups is 1. The van der Waals surface area contributed by atoms with Gasteiger partial charge in [0.15, 0.2) is 5.96 Å². The van der Waals surface area contributed by atoms with Crippen LogP contribution in [0.25, 0.3) is 6.08 Å². The summed E-state index contributed by atoms with van der Waals surface area (Å²) in [5.74, 6) is 2.54. The number of allylic oxidation sites excluding steroid dienone is 3. The zero-order chi connectivity index (χ0) is 32.7. The third-order valence-electron chi connectivity index (χ3n) is 8.23. The average Bonchev–Trinajstić information content (AvgIpc) is 3.31. The van der Waals surface area contributed by atoms with Crippen LogP contribution in [0.4, 0.5) is 8.78 Å². The molecule has 0 aliphatic heterocycles. The van der Waals surface area contributed by atoms with Crippen LogP contribution in [-0.4, -0.2) is 78.5 Å². The van der Waals surface area contributed by atoms with Gasteiger partial charge < -0.3 is 19.7 Å². The topological polar surface area (TPSA) is 61.1 Å². The maximum Gasteiger partial charge on any atom is 0.199 e. The summed E-state index contributed by atoms with van der Waals surface area (Å²) in [5, 5.41) is 3.28. The summed E-state index contributed by atoms with van der Waals surface area (Å²) in [6.07, 6.45) is 11.0. The standard InChI is InChI=1S/C34H59F2N7/c1-13-28(19-20-41(11)16-4)17-18-29(14-2)23-38-32(15-3)40-34(37-10)42(12)31(22-35)25(7)21-30-33(26(8)36)39-27(9)43(30)24(5)6/h14-15,21,23-24,26,28,31H,13,16-20,22H2,1-12H3,(H,37,40)/b25-21+,29-14-,32-15+,38-23-. The van der Waals surface area contributed by atoms with E-state index in [4.69, 9.17) is 4.99 Å². The first-order valence-corrected chi connectivity index (χ1v) is 15.9. The predicted molar refractivity (Wildman–Crippen MR) is 181 cm³/mol. The highest BCUT2D eigenvalue weighted by Crippen LogP contribution is 2.28. The normalized spacial score (nSPS) is 16.0. The van der Waals surface area contributed by atoms with E-state index >= 15 is 0 Å². The zero-order valence-corrected chi connectivity index (χ0v) is 29.0. The van der Waals surface area contributed by atoms with Crippen molar-refractivity contribution < 1.29 is 8.78 Å². The fourth-order valence-corrected chi connectivity index (χ4v) is 5.18.